The van der Waals surface area contributed by atoms with E-state index in [1.165, 1.54) is 4.90 Å². The third-order valence-electron chi connectivity index (χ3n) is 6.68. The highest BCUT2D eigenvalue weighted by Crippen LogP contribution is 2.36. The lowest BCUT2D eigenvalue weighted by Crippen LogP contribution is -2.51. The molecule has 2 amide bonds. The summed E-state index contributed by atoms with van der Waals surface area (Å²) in [5.41, 5.74) is 3.07. The number of anilines is 1. The Morgan fingerprint density at radius 1 is 1.14 bits per heavy atom. The normalized spacial score (nSPS) is 12.4. The van der Waals surface area contributed by atoms with E-state index in [0.717, 1.165) is 17.5 Å². The van der Waals surface area contributed by atoms with Crippen LogP contribution in [0.1, 0.15) is 44.5 Å². The summed E-state index contributed by atoms with van der Waals surface area (Å²) in [7, 11) is 3.42. The number of hydrogen-bond donors (Lipinski definition) is 1. The molecule has 0 radical (unpaired) electrons. The molecule has 4 aromatic rings. The Bertz CT molecular complexity index is 1420. The smallest absolute Gasteiger partial charge is 0.249 e. The van der Waals surface area contributed by atoms with E-state index in [0.29, 0.717) is 22.6 Å². The van der Waals surface area contributed by atoms with Gasteiger partial charge in [0.15, 0.2) is 6.04 Å². The van der Waals surface area contributed by atoms with Gasteiger partial charge in [-0.1, -0.05) is 30.3 Å². The van der Waals surface area contributed by atoms with Crippen molar-refractivity contribution in [2.24, 2.45) is 7.05 Å². The minimum atomic E-state index is -0.955. The van der Waals surface area contributed by atoms with Gasteiger partial charge in [-0.2, -0.15) is 0 Å². The van der Waals surface area contributed by atoms with Gasteiger partial charge in [-0.3, -0.25) is 14.5 Å². The van der Waals surface area contributed by atoms with Gasteiger partial charge in [-0.25, -0.2) is 4.68 Å². The molecular formula is C28H34N6O3. The maximum Gasteiger partial charge on any atom is 0.249 e. The van der Waals surface area contributed by atoms with E-state index in [1.807, 2.05) is 100 Å². The number of ether oxygens (including phenoxy) is 1. The van der Waals surface area contributed by atoms with Gasteiger partial charge >= 0.3 is 0 Å². The molecule has 0 aliphatic rings. The molecule has 4 rings (SSSR count). The highest BCUT2D eigenvalue weighted by molar-refractivity contribution is 6.02. The summed E-state index contributed by atoms with van der Waals surface area (Å²) < 4.78 is 9.09. The van der Waals surface area contributed by atoms with Crippen LogP contribution in [-0.2, 0) is 23.2 Å². The fourth-order valence-electron chi connectivity index (χ4n) is 4.28. The predicted molar refractivity (Wildman–Crippen MR) is 143 cm³/mol. The molecule has 1 N–H and O–H groups in total. The van der Waals surface area contributed by atoms with E-state index in [4.69, 9.17) is 4.74 Å². The number of carbonyl (C=O) groups excluding carboxylic acids is 2. The van der Waals surface area contributed by atoms with E-state index < -0.39 is 11.6 Å². The van der Waals surface area contributed by atoms with Crippen LogP contribution in [0.15, 0.2) is 60.8 Å². The lowest BCUT2D eigenvalue weighted by molar-refractivity contribution is -0.128. The van der Waals surface area contributed by atoms with Crippen molar-refractivity contribution in [2.45, 2.75) is 52.2 Å². The molecule has 0 saturated heterocycles. The van der Waals surface area contributed by atoms with Gasteiger partial charge in [0.1, 0.15) is 17.8 Å². The second-order valence-electron chi connectivity index (χ2n) is 9.85. The largest absolute Gasteiger partial charge is 0.495 e. The topological polar surface area (TPSA) is 94.3 Å². The molecule has 1 unspecified atom stereocenters. The maximum absolute atomic E-state index is 14.2. The molecule has 2 heterocycles. The molecule has 0 spiro atoms. The summed E-state index contributed by atoms with van der Waals surface area (Å²) in [6, 6.07) is 15.8. The van der Waals surface area contributed by atoms with Crippen LogP contribution in [0.2, 0.25) is 0 Å². The van der Waals surface area contributed by atoms with Gasteiger partial charge in [0, 0.05) is 18.8 Å². The molecular weight excluding hydrogens is 468 g/mol. The molecule has 0 aliphatic carbocycles. The Labute approximate surface area is 217 Å². The monoisotopic (exact) mass is 502 g/mol. The number of amides is 2. The van der Waals surface area contributed by atoms with Crippen LogP contribution in [0.5, 0.6) is 5.75 Å². The van der Waals surface area contributed by atoms with Crippen molar-refractivity contribution >= 4 is 28.5 Å². The lowest BCUT2D eigenvalue weighted by atomic mass is 10.00. The van der Waals surface area contributed by atoms with Crippen LogP contribution in [0.4, 0.5) is 5.69 Å². The average molecular weight is 503 g/mol. The Morgan fingerprint density at radius 2 is 1.89 bits per heavy atom. The van der Waals surface area contributed by atoms with Gasteiger partial charge in [0.2, 0.25) is 11.8 Å². The van der Waals surface area contributed by atoms with Crippen LogP contribution in [0.25, 0.3) is 11.0 Å². The first-order valence-electron chi connectivity index (χ1n) is 12.3. The molecule has 0 fully saturated rings. The molecule has 0 bridgehead atoms. The summed E-state index contributed by atoms with van der Waals surface area (Å²) in [6.45, 7) is 7.78. The van der Waals surface area contributed by atoms with Crippen LogP contribution in [0, 0.1) is 6.92 Å². The van der Waals surface area contributed by atoms with Crippen LogP contribution >= 0.6 is 0 Å². The molecule has 2 aromatic carbocycles. The second kappa shape index (κ2) is 10.5. The minimum Gasteiger partial charge on any atom is -0.495 e. The Balaban J connectivity index is 1.88. The fourth-order valence-corrected chi connectivity index (χ4v) is 4.28. The van der Waals surface area contributed by atoms with Crippen molar-refractivity contribution in [3.63, 3.8) is 0 Å². The second-order valence-corrected chi connectivity index (χ2v) is 9.85. The SMILES string of the molecule is CCC(C)(C)NC(=O)C(c1cccn1C)N(C(=O)Cn1nnc2ccccc21)c1cc(C)ccc1OC. The Hall–Kier alpha value is -4.14. The molecule has 2 aromatic heterocycles. The molecule has 37 heavy (non-hydrogen) atoms. The Morgan fingerprint density at radius 3 is 2.57 bits per heavy atom. The summed E-state index contributed by atoms with van der Waals surface area (Å²) in [5, 5.41) is 11.5. The number of benzene rings is 2. The number of fused-ring (bicyclic) bond motifs is 1. The number of aryl methyl sites for hydroxylation is 2. The number of methoxy groups -OCH3 is 1. The van der Waals surface area contributed by atoms with Crippen molar-refractivity contribution in [3.05, 3.63) is 72.1 Å². The number of nitrogens with zero attached hydrogens (tertiary/aromatic N) is 5. The van der Waals surface area contributed by atoms with Gasteiger partial charge in [-0.15, -0.1) is 5.10 Å². The molecule has 194 valence electrons. The molecule has 9 heteroatoms. The predicted octanol–water partition coefficient (Wildman–Crippen LogP) is 4.17. The first-order chi connectivity index (χ1) is 17.6. The standard InChI is InChI=1S/C28H34N6O3/c1-7-28(3,4)29-27(36)26(22-13-10-16-32(22)5)34(23-17-19(2)14-15-24(23)37-6)25(35)18-33-21-12-9-8-11-20(21)30-31-33/h8-17,26H,7,18H2,1-6H3,(H,29,36). The number of aromatic nitrogens is 4. The highest BCUT2D eigenvalue weighted by atomic mass is 16.5. The van der Waals surface area contributed by atoms with Gasteiger partial charge in [-0.05, 0) is 69.2 Å². The van der Waals surface area contributed by atoms with Crippen LogP contribution in [0.3, 0.4) is 0 Å². The zero-order valence-electron chi connectivity index (χ0n) is 22.2. The lowest BCUT2D eigenvalue weighted by Gasteiger charge is -2.35. The molecule has 1 atom stereocenters. The summed E-state index contributed by atoms with van der Waals surface area (Å²) in [5.74, 6) is -0.117. The van der Waals surface area contributed by atoms with Gasteiger partial charge in [0.25, 0.3) is 0 Å². The van der Waals surface area contributed by atoms with E-state index in [-0.39, 0.29) is 18.4 Å². The molecule has 0 aliphatic heterocycles. The first-order valence-corrected chi connectivity index (χ1v) is 12.3. The zero-order chi connectivity index (χ0) is 26.7. The van der Waals surface area contributed by atoms with Crippen molar-refractivity contribution in [3.8, 4) is 5.75 Å². The van der Waals surface area contributed by atoms with Crippen LogP contribution in [-0.4, -0.2) is 44.0 Å². The summed E-state index contributed by atoms with van der Waals surface area (Å²) in [4.78, 5) is 29.7. The number of para-hydroxylation sites is 1. The van der Waals surface area contributed by atoms with Gasteiger partial charge in [0.05, 0.1) is 24.0 Å². The average Bonchev–Trinajstić information content (AvgIpc) is 3.48. The summed E-state index contributed by atoms with van der Waals surface area (Å²) >= 11 is 0. The Kier molecular flexibility index (Phi) is 7.33. The maximum atomic E-state index is 14.2. The molecule has 9 nitrogen and oxygen atoms in total. The third-order valence-corrected chi connectivity index (χ3v) is 6.68. The van der Waals surface area contributed by atoms with Crippen molar-refractivity contribution in [1.82, 2.24) is 24.9 Å². The van der Waals surface area contributed by atoms with E-state index >= 15 is 0 Å². The van der Waals surface area contributed by atoms with E-state index in [9.17, 15) is 9.59 Å². The fraction of sp³-hybridized carbons (Fsp3) is 0.357. The van der Waals surface area contributed by atoms with Crippen molar-refractivity contribution in [2.75, 3.05) is 12.0 Å². The zero-order valence-corrected chi connectivity index (χ0v) is 22.2. The van der Waals surface area contributed by atoms with Crippen molar-refractivity contribution < 1.29 is 14.3 Å². The van der Waals surface area contributed by atoms with Crippen molar-refractivity contribution in [1.29, 1.82) is 0 Å². The van der Waals surface area contributed by atoms with Gasteiger partial charge < -0.3 is 14.6 Å². The number of nitrogens with one attached hydrogen (secondary N) is 1. The number of rotatable bonds is 9. The van der Waals surface area contributed by atoms with Crippen LogP contribution < -0.4 is 15.0 Å². The summed E-state index contributed by atoms with van der Waals surface area (Å²) in [6.07, 6.45) is 2.59. The minimum absolute atomic E-state index is 0.108. The molecule has 0 saturated carbocycles. The third kappa shape index (κ3) is 5.35. The number of carbonyl (C=O) groups is 2. The van der Waals surface area contributed by atoms with E-state index in [1.54, 1.807) is 11.8 Å². The quantitative estimate of drug-likeness (QED) is 0.371. The number of hydrogen-bond acceptors (Lipinski definition) is 5. The highest BCUT2D eigenvalue weighted by Gasteiger charge is 2.38. The van der Waals surface area contributed by atoms with E-state index in [2.05, 4.69) is 15.6 Å². The first kappa shape index (κ1) is 25.9.